The van der Waals surface area contributed by atoms with E-state index in [-0.39, 0.29) is 17.0 Å². The van der Waals surface area contributed by atoms with Crippen molar-refractivity contribution in [2.45, 2.75) is 46.2 Å². The summed E-state index contributed by atoms with van der Waals surface area (Å²) in [5, 5.41) is 13.6. The zero-order valence-corrected chi connectivity index (χ0v) is 19.3. The Bertz CT molecular complexity index is 1450. The lowest BCUT2D eigenvalue weighted by Crippen LogP contribution is -2.46. The number of carbonyl (C=O) groups is 2. The molecular formula is C26H27N3O4. The van der Waals surface area contributed by atoms with Crippen LogP contribution in [0.2, 0.25) is 0 Å². The Balaban J connectivity index is 2.13. The van der Waals surface area contributed by atoms with Crippen LogP contribution in [0.25, 0.3) is 21.8 Å². The standard InChI is InChI=1S/C26H27N3O4/c1-14-10-12-16(13-11-14)22(23(30)28-26(3,4)5)29-18-9-7-6-8-17(18)21-19(24(29)31)15(2)20(27-21)25(32)33/h6-13,22,27H,1-5H3,(H,28,30)(H,32,33). The summed E-state index contributed by atoms with van der Waals surface area (Å²) in [6, 6.07) is 13.8. The molecule has 0 radical (unpaired) electrons. The first-order chi connectivity index (χ1) is 15.5. The van der Waals surface area contributed by atoms with E-state index in [1.165, 1.54) is 4.57 Å². The Morgan fingerprint density at radius 2 is 1.67 bits per heavy atom. The smallest absolute Gasteiger partial charge is 0.352 e. The van der Waals surface area contributed by atoms with Crippen LogP contribution >= 0.6 is 0 Å². The number of nitrogens with zero attached hydrogens (tertiary/aromatic N) is 1. The minimum atomic E-state index is -1.14. The maximum atomic E-state index is 13.9. The molecule has 2 aromatic heterocycles. The van der Waals surface area contributed by atoms with E-state index < -0.39 is 23.1 Å². The fourth-order valence-electron chi connectivity index (χ4n) is 4.26. The molecule has 0 aliphatic rings. The fourth-order valence-corrected chi connectivity index (χ4v) is 4.26. The van der Waals surface area contributed by atoms with Crippen LogP contribution in [-0.4, -0.2) is 32.1 Å². The van der Waals surface area contributed by atoms with Gasteiger partial charge in [0, 0.05) is 10.9 Å². The Labute approximate surface area is 191 Å². The lowest BCUT2D eigenvalue weighted by molar-refractivity contribution is -0.124. The van der Waals surface area contributed by atoms with Gasteiger partial charge < -0.3 is 15.4 Å². The van der Waals surface area contributed by atoms with Gasteiger partial charge in [-0.15, -0.1) is 0 Å². The van der Waals surface area contributed by atoms with Crippen molar-refractivity contribution in [1.29, 1.82) is 0 Å². The molecule has 1 atom stereocenters. The van der Waals surface area contributed by atoms with Crippen molar-refractivity contribution < 1.29 is 14.7 Å². The number of para-hydroxylation sites is 1. The van der Waals surface area contributed by atoms with E-state index in [0.29, 0.717) is 27.5 Å². The number of aromatic nitrogens is 2. The zero-order valence-electron chi connectivity index (χ0n) is 19.3. The summed E-state index contributed by atoms with van der Waals surface area (Å²) in [6.07, 6.45) is 0. The first-order valence-electron chi connectivity index (χ1n) is 10.8. The van der Waals surface area contributed by atoms with Crippen molar-refractivity contribution in [3.8, 4) is 0 Å². The van der Waals surface area contributed by atoms with Crippen molar-refractivity contribution in [3.05, 3.63) is 81.3 Å². The number of aromatic carboxylic acids is 1. The molecule has 0 spiro atoms. The molecule has 1 amide bonds. The van der Waals surface area contributed by atoms with Gasteiger partial charge in [0.2, 0.25) is 5.91 Å². The first kappa shape index (κ1) is 22.3. The number of H-pyrrole nitrogens is 1. The van der Waals surface area contributed by atoms with E-state index >= 15 is 0 Å². The number of pyridine rings is 1. The summed E-state index contributed by atoms with van der Waals surface area (Å²) in [5.74, 6) is -1.45. The molecule has 0 bridgehead atoms. The summed E-state index contributed by atoms with van der Waals surface area (Å²) in [4.78, 5) is 42.2. The minimum Gasteiger partial charge on any atom is -0.477 e. The largest absolute Gasteiger partial charge is 0.477 e. The van der Waals surface area contributed by atoms with Crippen molar-refractivity contribution in [2.24, 2.45) is 0 Å². The van der Waals surface area contributed by atoms with Crippen LogP contribution in [0.5, 0.6) is 0 Å². The Morgan fingerprint density at radius 3 is 2.27 bits per heavy atom. The first-order valence-corrected chi connectivity index (χ1v) is 10.8. The van der Waals surface area contributed by atoms with E-state index in [2.05, 4.69) is 10.3 Å². The van der Waals surface area contributed by atoms with Crippen LogP contribution in [0.4, 0.5) is 0 Å². The van der Waals surface area contributed by atoms with Crippen molar-refractivity contribution in [1.82, 2.24) is 14.9 Å². The molecule has 0 saturated carbocycles. The molecule has 33 heavy (non-hydrogen) atoms. The Hall–Kier alpha value is -3.87. The average Bonchev–Trinajstić information content (AvgIpc) is 3.08. The van der Waals surface area contributed by atoms with E-state index in [9.17, 15) is 19.5 Å². The molecule has 1 unspecified atom stereocenters. The van der Waals surface area contributed by atoms with Gasteiger partial charge in [0.15, 0.2) is 0 Å². The number of fused-ring (bicyclic) bond motifs is 3. The molecular weight excluding hydrogens is 418 g/mol. The number of rotatable bonds is 4. The molecule has 4 aromatic rings. The number of aryl methyl sites for hydroxylation is 2. The highest BCUT2D eigenvalue weighted by Gasteiger charge is 2.30. The number of benzene rings is 2. The lowest BCUT2D eigenvalue weighted by atomic mass is 10.00. The molecule has 3 N–H and O–H groups in total. The minimum absolute atomic E-state index is 0.0315. The Kier molecular flexibility index (Phi) is 5.36. The maximum Gasteiger partial charge on any atom is 0.352 e. The molecule has 0 aliphatic heterocycles. The van der Waals surface area contributed by atoms with Gasteiger partial charge in [-0.25, -0.2) is 4.79 Å². The van der Waals surface area contributed by atoms with Crippen molar-refractivity contribution in [2.75, 3.05) is 0 Å². The van der Waals surface area contributed by atoms with Gasteiger partial charge in [-0.2, -0.15) is 0 Å². The predicted octanol–water partition coefficient (Wildman–Crippen LogP) is 4.30. The third kappa shape index (κ3) is 3.91. The highest BCUT2D eigenvalue weighted by Crippen LogP contribution is 2.30. The third-order valence-corrected chi connectivity index (χ3v) is 5.73. The molecule has 0 aliphatic carbocycles. The van der Waals surface area contributed by atoms with Gasteiger partial charge in [0.05, 0.1) is 16.4 Å². The van der Waals surface area contributed by atoms with Gasteiger partial charge >= 0.3 is 5.97 Å². The van der Waals surface area contributed by atoms with Crippen LogP contribution in [0, 0.1) is 13.8 Å². The number of nitrogens with one attached hydrogen (secondary N) is 2. The SMILES string of the molecule is Cc1ccc(C(C(=O)NC(C)(C)C)n2c(=O)c3c(C)c(C(=O)O)[nH]c3c3ccccc32)cc1. The molecule has 7 heteroatoms. The number of carboxylic acids is 1. The molecule has 0 saturated heterocycles. The van der Waals surface area contributed by atoms with Gasteiger partial charge in [0.1, 0.15) is 11.7 Å². The normalized spacial score (nSPS) is 12.8. The summed E-state index contributed by atoms with van der Waals surface area (Å²) in [6.45, 7) is 9.22. The molecule has 2 heterocycles. The van der Waals surface area contributed by atoms with Crippen molar-refractivity contribution in [3.63, 3.8) is 0 Å². The number of hydrogen-bond donors (Lipinski definition) is 3. The van der Waals surface area contributed by atoms with Gasteiger partial charge in [-0.3, -0.25) is 14.2 Å². The second-order valence-corrected chi connectivity index (χ2v) is 9.42. The quantitative estimate of drug-likeness (QED) is 0.436. The Morgan fingerprint density at radius 1 is 1.03 bits per heavy atom. The summed E-state index contributed by atoms with van der Waals surface area (Å²) in [5.41, 5.74) is 2.10. The summed E-state index contributed by atoms with van der Waals surface area (Å²) >= 11 is 0. The van der Waals surface area contributed by atoms with E-state index in [1.807, 2.05) is 64.1 Å². The number of hydrogen-bond acceptors (Lipinski definition) is 3. The second kappa shape index (κ2) is 7.92. The van der Waals surface area contributed by atoms with E-state index in [4.69, 9.17) is 0 Å². The van der Waals surface area contributed by atoms with E-state index in [0.717, 1.165) is 5.56 Å². The highest BCUT2D eigenvalue weighted by atomic mass is 16.4. The number of amides is 1. The average molecular weight is 446 g/mol. The number of aromatic amines is 1. The summed E-state index contributed by atoms with van der Waals surface area (Å²) in [7, 11) is 0. The van der Waals surface area contributed by atoms with Crippen LogP contribution in [0.1, 0.15) is 54.0 Å². The second-order valence-electron chi connectivity index (χ2n) is 9.42. The lowest BCUT2D eigenvalue weighted by Gasteiger charge is -2.27. The maximum absolute atomic E-state index is 13.9. The van der Waals surface area contributed by atoms with Crippen LogP contribution in [0.15, 0.2) is 53.3 Å². The van der Waals surface area contributed by atoms with Gasteiger partial charge in [-0.1, -0.05) is 48.0 Å². The zero-order chi connectivity index (χ0) is 24.1. The van der Waals surface area contributed by atoms with Crippen LogP contribution in [-0.2, 0) is 4.79 Å². The topological polar surface area (TPSA) is 104 Å². The number of carbonyl (C=O) groups excluding carboxylic acids is 1. The molecule has 0 fully saturated rings. The number of carboxylic acid groups (broad SMARTS) is 1. The molecule has 4 rings (SSSR count). The van der Waals surface area contributed by atoms with E-state index in [1.54, 1.807) is 19.1 Å². The molecule has 7 nitrogen and oxygen atoms in total. The highest BCUT2D eigenvalue weighted by molar-refractivity contribution is 6.09. The van der Waals surface area contributed by atoms with Crippen LogP contribution < -0.4 is 10.9 Å². The summed E-state index contributed by atoms with van der Waals surface area (Å²) < 4.78 is 1.48. The molecule has 2 aromatic carbocycles. The predicted molar refractivity (Wildman–Crippen MR) is 129 cm³/mol. The van der Waals surface area contributed by atoms with Gasteiger partial charge in [-0.05, 0) is 51.8 Å². The van der Waals surface area contributed by atoms with Crippen molar-refractivity contribution >= 4 is 33.7 Å². The fraction of sp³-hybridized carbons (Fsp3) is 0.269. The molecule has 170 valence electrons. The third-order valence-electron chi connectivity index (χ3n) is 5.73. The van der Waals surface area contributed by atoms with Crippen LogP contribution in [0.3, 0.4) is 0 Å². The monoisotopic (exact) mass is 445 g/mol. The van der Waals surface area contributed by atoms with Gasteiger partial charge in [0.25, 0.3) is 5.56 Å².